The van der Waals surface area contributed by atoms with Gasteiger partial charge in [-0.2, -0.15) is 0 Å². The predicted molar refractivity (Wildman–Crippen MR) is 73.1 cm³/mol. The van der Waals surface area contributed by atoms with Crippen molar-refractivity contribution in [2.24, 2.45) is 0 Å². The molecule has 3 rings (SSSR count). The van der Waals surface area contributed by atoms with Crippen LogP contribution in [0.1, 0.15) is 25.7 Å². The monoisotopic (exact) mass is 263 g/mol. The van der Waals surface area contributed by atoms with Crippen molar-refractivity contribution in [2.75, 3.05) is 11.1 Å². The van der Waals surface area contributed by atoms with Crippen molar-refractivity contribution in [3.05, 3.63) is 22.7 Å². The lowest BCUT2D eigenvalue weighted by Gasteiger charge is -2.29. The van der Waals surface area contributed by atoms with E-state index in [2.05, 4.69) is 10.3 Å². The number of aliphatic hydroxyl groups excluding tert-OH is 1. The minimum Gasteiger partial charge on any atom is -0.408 e. The van der Waals surface area contributed by atoms with Gasteiger partial charge >= 0.3 is 5.76 Å². The number of nitrogen functional groups attached to an aromatic ring is 1. The zero-order valence-electron chi connectivity index (χ0n) is 10.5. The van der Waals surface area contributed by atoms with Crippen LogP contribution >= 0.6 is 0 Å². The first kappa shape index (κ1) is 12.1. The highest BCUT2D eigenvalue weighted by Crippen LogP contribution is 2.28. The summed E-state index contributed by atoms with van der Waals surface area (Å²) in [6.45, 7) is 0. The Bertz CT molecular complexity index is 646. The Morgan fingerprint density at radius 1 is 1.37 bits per heavy atom. The second kappa shape index (κ2) is 4.62. The van der Waals surface area contributed by atoms with E-state index in [0.717, 1.165) is 31.4 Å². The van der Waals surface area contributed by atoms with Gasteiger partial charge in [0, 0.05) is 6.07 Å². The Labute approximate surface area is 109 Å². The Morgan fingerprint density at radius 2 is 2.16 bits per heavy atom. The highest BCUT2D eigenvalue weighted by molar-refractivity contribution is 5.85. The van der Waals surface area contributed by atoms with Crippen LogP contribution in [0, 0.1) is 0 Å². The summed E-state index contributed by atoms with van der Waals surface area (Å²) >= 11 is 0. The number of hydrogen-bond acceptors (Lipinski definition) is 5. The van der Waals surface area contributed by atoms with Crippen LogP contribution in [0.4, 0.5) is 11.4 Å². The summed E-state index contributed by atoms with van der Waals surface area (Å²) < 4.78 is 4.95. The third kappa shape index (κ3) is 2.31. The van der Waals surface area contributed by atoms with E-state index in [1.807, 2.05) is 0 Å². The number of nitrogens with two attached hydrogens (primary N) is 1. The number of H-pyrrole nitrogens is 1. The van der Waals surface area contributed by atoms with E-state index >= 15 is 0 Å². The molecule has 2 aromatic rings. The molecule has 0 bridgehead atoms. The van der Waals surface area contributed by atoms with Crippen molar-refractivity contribution < 1.29 is 9.52 Å². The molecule has 5 N–H and O–H groups in total. The van der Waals surface area contributed by atoms with E-state index in [4.69, 9.17) is 10.2 Å². The number of aliphatic hydroxyl groups is 1. The predicted octanol–water partition coefficient (Wildman–Crippen LogP) is 1.42. The number of aromatic amines is 1. The van der Waals surface area contributed by atoms with Crippen LogP contribution < -0.4 is 16.8 Å². The smallest absolute Gasteiger partial charge is 0.408 e. The van der Waals surface area contributed by atoms with E-state index in [1.165, 1.54) is 0 Å². The average Bonchev–Trinajstić information content (AvgIpc) is 2.71. The van der Waals surface area contributed by atoms with Crippen LogP contribution in [0.2, 0.25) is 0 Å². The standard InChI is InChI=1S/C13H17N3O3/c14-7-5-12-10(16-13(18)19-12)6-9(7)15-8-3-1-2-4-11(8)17/h5-6,8,11,15,17H,1-4,14H2,(H,16,18). The van der Waals surface area contributed by atoms with Crippen molar-refractivity contribution in [1.29, 1.82) is 0 Å². The van der Waals surface area contributed by atoms with Crippen LogP contribution in [-0.4, -0.2) is 22.2 Å². The number of benzene rings is 1. The third-order valence-corrected chi connectivity index (χ3v) is 3.66. The topological polar surface area (TPSA) is 104 Å². The molecule has 1 aliphatic rings. The Balaban J connectivity index is 1.91. The molecule has 1 fully saturated rings. The third-order valence-electron chi connectivity index (χ3n) is 3.66. The van der Waals surface area contributed by atoms with Crippen LogP contribution in [0.25, 0.3) is 11.1 Å². The van der Waals surface area contributed by atoms with E-state index in [0.29, 0.717) is 16.8 Å². The van der Waals surface area contributed by atoms with Gasteiger partial charge in [0.05, 0.1) is 29.0 Å². The first-order chi connectivity index (χ1) is 9.13. The normalized spacial score (nSPS) is 23.6. The van der Waals surface area contributed by atoms with E-state index in [1.54, 1.807) is 12.1 Å². The molecule has 0 aliphatic heterocycles. The molecular formula is C13H17N3O3. The molecule has 102 valence electrons. The summed E-state index contributed by atoms with van der Waals surface area (Å²) in [4.78, 5) is 13.7. The molecule has 6 heteroatoms. The molecule has 2 atom stereocenters. The van der Waals surface area contributed by atoms with Gasteiger partial charge in [-0.3, -0.25) is 4.98 Å². The minimum atomic E-state index is -0.496. The van der Waals surface area contributed by atoms with Crippen LogP contribution in [0.3, 0.4) is 0 Å². The van der Waals surface area contributed by atoms with E-state index in [-0.39, 0.29) is 12.1 Å². The van der Waals surface area contributed by atoms with Gasteiger partial charge in [-0.25, -0.2) is 4.79 Å². The van der Waals surface area contributed by atoms with Gasteiger partial charge in [-0.05, 0) is 18.9 Å². The molecule has 1 aliphatic carbocycles. The lowest BCUT2D eigenvalue weighted by molar-refractivity contribution is 0.116. The SMILES string of the molecule is Nc1cc2oc(=O)[nH]c2cc1NC1CCCCC1O. The summed E-state index contributed by atoms with van der Waals surface area (Å²) in [5.41, 5.74) is 8.21. The Hall–Kier alpha value is -1.95. The first-order valence-electron chi connectivity index (χ1n) is 6.50. The van der Waals surface area contributed by atoms with E-state index in [9.17, 15) is 9.90 Å². The van der Waals surface area contributed by atoms with Gasteiger partial charge in [-0.1, -0.05) is 12.8 Å². The lowest BCUT2D eigenvalue weighted by atomic mass is 9.92. The summed E-state index contributed by atoms with van der Waals surface area (Å²) in [5, 5.41) is 13.2. The maximum Gasteiger partial charge on any atom is 0.417 e. The van der Waals surface area contributed by atoms with Gasteiger partial charge in [0.15, 0.2) is 5.58 Å². The Morgan fingerprint density at radius 3 is 2.95 bits per heavy atom. The number of aromatic nitrogens is 1. The van der Waals surface area contributed by atoms with Gasteiger partial charge < -0.3 is 20.6 Å². The number of anilines is 2. The number of rotatable bonds is 2. The number of hydrogen-bond donors (Lipinski definition) is 4. The van der Waals surface area contributed by atoms with Crippen molar-refractivity contribution in [3.63, 3.8) is 0 Å². The summed E-state index contributed by atoms with van der Waals surface area (Å²) in [5.74, 6) is -0.496. The summed E-state index contributed by atoms with van der Waals surface area (Å²) in [6.07, 6.45) is 3.53. The number of oxazole rings is 1. The molecule has 1 aromatic carbocycles. The summed E-state index contributed by atoms with van der Waals surface area (Å²) in [6, 6.07) is 3.37. The molecule has 0 amide bonds. The fourth-order valence-electron chi connectivity index (χ4n) is 2.62. The van der Waals surface area contributed by atoms with Crippen LogP contribution in [0.15, 0.2) is 21.3 Å². The van der Waals surface area contributed by atoms with Crippen molar-refractivity contribution in [2.45, 2.75) is 37.8 Å². The largest absolute Gasteiger partial charge is 0.417 e. The minimum absolute atomic E-state index is 0.00660. The summed E-state index contributed by atoms with van der Waals surface area (Å²) in [7, 11) is 0. The number of nitrogens with one attached hydrogen (secondary N) is 2. The second-order valence-electron chi connectivity index (χ2n) is 5.05. The highest BCUT2D eigenvalue weighted by Gasteiger charge is 2.23. The number of fused-ring (bicyclic) bond motifs is 1. The van der Waals surface area contributed by atoms with Gasteiger partial charge in [0.2, 0.25) is 0 Å². The first-order valence-corrected chi connectivity index (χ1v) is 6.50. The fraction of sp³-hybridized carbons (Fsp3) is 0.462. The van der Waals surface area contributed by atoms with Crippen LogP contribution in [-0.2, 0) is 0 Å². The highest BCUT2D eigenvalue weighted by atomic mass is 16.4. The molecule has 2 unspecified atom stereocenters. The molecule has 6 nitrogen and oxygen atoms in total. The second-order valence-corrected chi connectivity index (χ2v) is 5.05. The molecule has 0 spiro atoms. The Kier molecular flexibility index (Phi) is 2.94. The zero-order valence-corrected chi connectivity index (χ0v) is 10.5. The van der Waals surface area contributed by atoms with Crippen molar-refractivity contribution >= 4 is 22.5 Å². The lowest BCUT2D eigenvalue weighted by Crippen LogP contribution is -2.36. The zero-order chi connectivity index (χ0) is 13.4. The van der Waals surface area contributed by atoms with E-state index < -0.39 is 5.76 Å². The quantitative estimate of drug-likeness (QED) is 0.613. The molecule has 1 heterocycles. The van der Waals surface area contributed by atoms with Gasteiger partial charge in [-0.15, -0.1) is 0 Å². The maximum absolute atomic E-state index is 11.1. The maximum atomic E-state index is 11.1. The van der Waals surface area contributed by atoms with Gasteiger partial charge in [0.25, 0.3) is 0 Å². The molecular weight excluding hydrogens is 246 g/mol. The molecule has 0 saturated heterocycles. The van der Waals surface area contributed by atoms with Crippen molar-refractivity contribution in [1.82, 2.24) is 4.98 Å². The molecule has 1 aromatic heterocycles. The molecule has 1 saturated carbocycles. The van der Waals surface area contributed by atoms with Crippen molar-refractivity contribution in [3.8, 4) is 0 Å². The molecule has 19 heavy (non-hydrogen) atoms. The fourth-order valence-corrected chi connectivity index (χ4v) is 2.62. The van der Waals surface area contributed by atoms with Gasteiger partial charge in [0.1, 0.15) is 0 Å². The molecule has 0 radical (unpaired) electrons. The van der Waals surface area contributed by atoms with Crippen LogP contribution in [0.5, 0.6) is 0 Å². The average molecular weight is 263 g/mol.